The number of hydrogen-bond acceptors (Lipinski definition) is 4. The maximum Gasteiger partial charge on any atom is 0.277 e. The average Bonchev–Trinajstić information content (AvgIpc) is 3.11. The number of carbonyl (C=O) groups excluding carboxylic acids is 1. The molecule has 0 bridgehead atoms. The molecular weight excluding hydrogens is 308 g/mol. The van der Waals surface area contributed by atoms with Crippen LogP contribution in [0.15, 0.2) is 30.3 Å². The van der Waals surface area contributed by atoms with Gasteiger partial charge in [0.15, 0.2) is 5.69 Å². The van der Waals surface area contributed by atoms with Gasteiger partial charge in [0.05, 0.1) is 0 Å². The number of carbonyl (C=O) groups is 1. The van der Waals surface area contributed by atoms with Crippen LogP contribution >= 0.6 is 11.8 Å². The lowest BCUT2D eigenvalue weighted by atomic mass is 9.93. The Morgan fingerprint density at radius 1 is 1.17 bits per heavy atom. The number of fused-ring (bicyclic) bond motifs is 1. The summed E-state index contributed by atoms with van der Waals surface area (Å²) in [6.45, 7) is 0.811. The van der Waals surface area contributed by atoms with Crippen molar-refractivity contribution in [3.05, 3.63) is 36.0 Å². The van der Waals surface area contributed by atoms with E-state index in [-0.39, 0.29) is 5.91 Å². The fraction of sp³-hybridized carbons (Fsp3) is 0.471. The monoisotopic (exact) mass is 328 g/mol. The van der Waals surface area contributed by atoms with Gasteiger partial charge in [-0.05, 0) is 12.8 Å². The molecule has 1 saturated heterocycles. The standard InChI is InChI=1S/C17H20N4OS/c22-17(21-10-11-23-14-9-5-4-8-13(14)21)16-15(18-20-19-16)12-6-2-1-3-7-12/h1-3,6-7,13-14H,4-5,8-11H2,(H,18,19,20). The minimum atomic E-state index is 0.0230. The number of nitrogens with one attached hydrogen (secondary N) is 1. The van der Waals surface area contributed by atoms with Crippen molar-refractivity contribution in [1.82, 2.24) is 20.3 Å². The number of aromatic amines is 1. The van der Waals surface area contributed by atoms with E-state index < -0.39 is 0 Å². The third-order valence-electron chi connectivity index (χ3n) is 4.79. The number of aromatic nitrogens is 3. The zero-order chi connectivity index (χ0) is 15.6. The second kappa shape index (κ2) is 6.35. The van der Waals surface area contributed by atoms with Crippen molar-refractivity contribution in [3.63, 3.8) is 0 Å². The van der Waals surface area contributed by atoms with Crippen molar-refractivity contribution in [3.8, 4) is 11.3 Å². The van der Waals surface area contributed by atoms with Gasteiger partial charge in [0, 0.05) is 29.2 Å². The topological polar surface area (TPSA) is 61.9 Å². The van der Waals surface area contributed by atoms with Gasteiger partial charge in [-0.15, -0.1) is 0 Å². The summed E-state index contributed by atoms with van der Waals surface area (Å²) >= 11 is 2.03. The molecule has 1 saturated carbocycles. The first kappa shape index (κ1) is 14.8. The minimum absolute atomic E-state index is 0.0230. The third-order valence-corrected chi connectivity index (χ3v) is 6.19. The van der Waals surface area contributed by atoms with Crippen LogP contribution in [0.25, 0.3) is 11.3 Å². The van der Waals surface area contributed by atoms with Gasteiger partial charge in [0.1, 0.15) is 5.69 Å². The Balaban J connectivity index is 1.63. The highest BCUT2D eigenvalue weighted by atomic mass is 32.2. The van der Waals surface area contributed by atoms with Gasteiger partial charge < -0.3 is 4.90 Å². The second-order valence-corrected chi connectivity index (χ2v) is 7.49. The SMILES string of the molecule is O=C(c1n[nH]nc1-c1ccccc1)N1CCSC2CCCCC21. The number of nitrogens with zero attached hydrogens (tertiary/aromatic N) is 3. The Bertz CT molecular complexity index is 685. The van der Waals surface area contributed by atoms with Gasteiger partial charge in [0.25, 0.3) is 5.91 Å². The van der Waals surface area contributed by atoms with Gasteiger partial charge in [-0.2, -0.15) is 27.2 Å². The Labute approximate surface area is 139 Å². The first-order valence-electron chi connectivity index (χ1n) is 8.23. The molecule has 4 rings (SSSR count). The van der Waals surface area contributed by atoms with Gasteiger partial charge >= 0.3 is 0 Å². The maximum atomic E-state index is 13.1. The highest BCUT2D eigenvalue weighted by molar-refractivity contribution is 8.00. The molecule has 2 atom stereocenters. The first-order chi connectivity index (χ1) is 11.3. The van der Waals surface area contributed by atoms with E-state index in [0.717, 1.165) is 24.3 Å². The lowest BCUT2D eigenvalue weighted by molar-refractivity contribution is 0.0641. The summed E-state index contributed by atoms with van der Waals surface area (Å²) in [4.78, 5) is 15.2. The molecule has 0 radical (unpaired) electrons. The molecule has 1 aliphatic heterocycles. The zero-order valence-electron chi connectivity index (χ0n) is 12.9. The smallest absolute Gasteiger partial charge is 0.277 e. The fourth-order valence-corrected chi connectivity index (χ4v) is 5.11. The Hall–Kier alpha value is -1.82. The van der Waals surface area contributed by atoms with E-state index in [1.165, 1.54) is 19.3 Å². The van der Waals surface area contributed by atoms with E-state index in [0.29, 0.717) is 22.7 Å². The summed E-state index contributed by atoms with van der Waals surface area (Å²) in [5.41, 5.74) is 2.03. The van der Waals surface area contributed by atoms with Crippen molar-refractivity contribution in [2.24, 2.45) is 0 Å². The second-order valence-electron chi connectivity index (χ2n) is 6.15. The summed E-state index contributed by atoms with van der Waals surface area (Å²) in [5, 5.41) is 11.6. The number of hydrogen-bond donors (Lipinski definition) is 1. The Kier molecular flexibility index (Phi) is 4.08. The molecule has 120 valence electrons. The summed E-state index contributed by atoms with van der Waals surface area (Å²) in [6.07, 6.45) is 4.84. The minimum Gasteiger partial charge on any atom is -0.332 e. The molecule has 2 aliphatic rings. The molecule has 2 fully saturated rings. The van der Waals surface area contributed by atoms with Crippen molar-refractivity contribution < 1.29 is 4.79 Å². The van der Waals surface area contributed by atoms with Gasteiger partial charge in [-0.3, -0.25) is 4.79 Å². The molecule has 1 N–H and O–H groups in total. The summed E-state index contributed by atoms with van der Waals surface area (Å²) < 4.78 is 0. The molecule has 1 aliphatic carbocycles. The molecule has 23 heavy (non-hydrogen) atoms. The first-order valence-corrected chi connectivity index (χ1v) is 9.28. The van der Waals surface area contributed by atoms with Crippen LogP contribution in [0.3, 0.4) is 0 Å². The predicted molar refractivity (Wildman–Crippen MR) is 91.4 cm³/mol. The van der Waals surface area contributed by atoms with Crippen LogP contribution in [-0.2, 0) is 0 Å². The van der Waals surface area contributed by atoms with Gasteiger partial charge in [0.2, 0.25) is 0 Å². The third kappa shape index (κ3) is 2.76. The summed E-state index contributed by atoms with van der Waals surface area (Å²) in [5.74, 6) is 1.04. The Morgan fingerprint density at radius 2 is 2.00 bits per heavy atom. The van der Waals surface area contributed by atoms with Crippen LogP contribution in [0.2, 0.25) is 0 Å². The van der Waals surface area contributed by atoms with Crippen molar-refractivity contribution in [2.75, 3.05) is 12.3 Å². The van der Waals surface area contributed by atoms with Crippen LogP contribution in [-0.4, -0.2) is 49.8 Å². The average molecular weight is 328 g/mol. The molecule has 1 aromatic heterocycles. The van der Waals surface area contributed by atoms with Crippen LogP contribution in [0, 0.1) is 0 Å². The van der Waals surface area contributed by atoms with E-state index in [2.05, 4.69) is 15.4 Å². The molecule has 2 aromatic rings. The van der Waals surface area contributed by atoms with Crippen LogP contribution in [0.5, 0.6) is 0 Å². The van der Waals surface area contributed by atoms with E-state index in [4.69, 9.17) is 0 Å². The van der Waals surface area contributed by atoms with E-state index in [1.807, 2.05) is 47.0 Å². The molecule has 5 nitrogen and oxygen atoms in total. The molecule has 2 heterocycles. The van der Waals surface area contributed by atoms with E-state index in [1.54, 1.807) is 0 Å². The number of benzene rings is 1. The molecule has 0 spiro atoms. The normalized spacial score (nSPS) is 24.3. The van der Waals surface area contributed by atoms with Crippen molar-refractivity contribution >= 4 is 17.7 Å². The fourth-order valence-electron chi connectivity index (χ4n) is 3.66. The predicted octanol–water partition coefficient (Wildman–Crippen LogP) is 2.97. The number of thioether (sulfide) groups is 1. The molecule has 1 amide bonds. The van der Waals surface area contributed by atoms with Crippen LogP contribution in [0.4, 0.5) is 0 Å². The molecule has 2 unspecified atom stereocenters. The molecular formula is C17H20N4OS. The molecule has 6 heteroatoms. The number of rotatable bonds is 2. The van der Waals surface area contributed by atoms with Gasteiger partial charge in [-0.25, -0.2) is 0 Å². The van der Waals surface area contributed by atoms with Gasteiger partial charge in [-0.1, -0.05) is 43.2 Å². The van der Waals surface area contributed by atoms with E-state index in [9.17, 15) is 4.79 Å². The highest BCUT2D eigenvalue weighted by Crippen LogP contribution is 2.36. The lowest BCUT2D eigenvalue weighted by Crippen LogP contribution is -2.51. The largest absolute Gasteiger partial charge is 0.332 e. The van der Waals surface area contributed by atoms with Crippen molar-refractivity contribution in [1.29, 1.82) is 0 Å². The van der Waals surface area contributed by atoms with Crippen molar-refractivity contribution in [2.45, 2.75) is 37.0 Å². The lowest BCUT2D eigenvalue weighted by Gasteiger charge is -2.43. The zero-order valence-corrected chi connectivity index (χ0v) is 13.8. The maximum absolute atomic E-state index is 13.1. The van der Waals surface area contributed by atoms with Crippen LogP contribution in [0.1, 0.15) is 36.2 Å². The highest BCUT2D eigenvalue weighted by Gasteiger charge is 2.38. The number of H-pyrrole nitrogens is 1. The molecule has 1 aromatic carbocycles. The quantitative estimate of drug-likeness (QED) is 0.920. The van der Waals surface area contributed by atoms with Crippen LogP contribution < -0.4 is 0 Å². The summed E-state index contributed by atoms with van der Waals surface area (Å²) in [7, 11) is 0. The van der Waals surface area contributed by atoms with E-state index >= 15 is 0 Å². The summed E-state index contributed by atoms with van der Waals surface area (Å²) in [6, 6.07) is 10.1. The number of amides is 1. The Morgan fingerprint density at radius 3 is 2.87 bits per heavy atom.